The number of aromatic nitrogens is 1. The molecule has 0 saturated carbocycles. The number of aromatic amines is 1. The van der Waals surface area contributed by atoms with E-state index in [1.54, 1.807) is 0 Å². The number of nitrogens with one attached hydrogen (secondary N) is 1. The first-order valence-corrected chi connectivity index (χ1v) is 6.71. The highest BCUT2D eigenvalue weighted by molar-refractivity contribution is 9.10. The van der Waals surface area contributed by atoms with E-state index < -0.39 is 5.97 Å². The second-order valence-electron chi connectivity index (χ2n) is 3.22. The molecule has 0 unspecified atom stereocenters. The van der Waals surface area contributed by atoms with Crippen LogP contribution in [-0.2, 0) is 4.74 Å². The van der Waals surface area contributed by atoms with Gasteiger partial charge in [0, 0.05) is 4.47 Å². The minimum absolute atomic E-state index is 0.403. The first-order valence-electron chi connectivity index (χ1n) is 4.69. The lowest BCUT2D eigenvalue weighted by Gasteiger charge is -2.01. The highest BCUT2D eigenvalue weighted by atomic mass is 79.9. The normalized spacial score (nSPS) is 10.2. The van der Waals surface area contributed by atoms with Crippen molar-refractivity contribution in [3.05, 3.63) is 38.4 Å². The van der Waals surface area contributed by atoms with Gasteiger partial charge in [-0.2, -0.15) is 0 Å². The Morgan fingerprint density at radius 3 is 2.94 bits per heavy atom. The number of rotatable bonds is 2. The molecule has 0 aliphatic rings. The summed E-state index contributed by atoms with van der Waals surface area (Å²) in [4.78, 5) is 15.3. The number of carbonyl (C=O) groups excluding carboxylic acids is 1. The van der Waals surface area contributed by atoms with Gasteiger partial charge in [-0.15, -0.1) is 11.3 Å². The van der Waals surface area contributed by atoms with Crippen molar-refractivity contribution < 1.29 is 9.53 Å². The van der Waals surface area contributed by atoms with Gasteiger partial charge in [-0.25, -0.2) is 4.79 Å². The molecule has 0 aliphatic carbocycles. The third-order valence-corrected chi connectivity index (χ3v) is 3.90. The zero-order chi connectivity index (χ0) is 12.4. The predicted molar refractivity (Wildman–Crippen MR) is 74.0 cm³/mol. The Kier molecular flexibility index (Phi) is 3.76. The summed E-state index contributed by atoms with van der Waals surface area (Å²) in [5.41, 5.74) is 1.33. The van der Waals surface area contributed by atoms with Gasteiger partial charge in [0.25, 0.3) is 0 Å². The van der Waals surface area contributed by atoms with E-state index in [-0.39, 0.29) is 0 Å². The summed E-state index contributed by atoms with van der Waals surface area (Å²) in [5.74, 6) is -0.410. The number of methoxy groups -OCH3 is 1. The molecule has 0 amide bonds. The summed E-state index contributed by atoms with van der Waals surface area (Å²) in [5, 5.41) is 0. The Morgan fingerprint density at radius 1 is 1.53 bits per heavy atom. The number of hydrogen-bond acceptors (Lipinski definition) is 4. The molecule has 17 heavy (non-hydrogen) atoms. The first-order chi connectivity index (χ1) is 8.11. The van der Waals surface area contributed by atoms with Gasteiger partial charge in [-0.05, 0) is 29.9 Å². The van der Waals surface area contributed by atoms with Crippen LogP contribution in [0.3, 0.4) is 0 Å². The second-order valence-corrected chi connectivity index (χ2v) is 5.82. The summed E-state index contributed by atoms with van der Waals surface area (Å²) >= 11 is 9.82. The number of H-pyrrole nitrogens is 1. The van der Waals surface area contributed by atoms with Crippen molar-refractivity contribution >= 4 is 45.5 Å². The molecule has 2 rings (SSSR count). The van der Waals surface area contributed by atoms with Crippen LogP contribution in [0.25, 0.3) is 10.4 Å². The van der Waals surface area contributed by atoms with Crippen molar-refractivity contribution in [2.75, 3.05) is 7.11 Å². The standard InChI is InChI=1S/C11H8BrNO2S2/c1-15-10(14)8-9(17-11(16)13-8)6-3-2-4-7(12)5-6/h2-5H,1H3,(H,13,16). The molecule has 3 nitrogen and oxygen atoms in total. The quantitative estimate of drug-likeness (QED) is 0.668. The predicted octanol–water partition coefficient (Wildman–Crippen LogP) is 4.02. The Bertz CT molecular complexity index is 618. The van der Waals surface area contributed by atoms with E-state index in [0.29, 0.717) is 9.65 Å². The van der Waals surface area contributed by atoms with Crippen LogP contribution in [0.1, 0.15) is 10.5 Å². The summed E-state index contributed by atoms with van der Waals surface area (Å²) in [6, 6.07) is 7.68. The molecule has 0 saturated heterocycles. The van der Waals surface area contributed by atoms with E-state index in [9.17, 15) is 4.79 Å². The molecule has 2 aromatic rings. The van der Waals surface area contributed by atoms with Gasteiger partial charge in [-0.1, -0.05) is 28.1 Å². The van der Waals surface area contributed by atoms with E-state index in [4.69, 9.17) is 17.0 Å². The highest BCUT2D eigenvalue weighted by Crippen LogP contribution is 2.30. The van der Waals surface area contributed by atoms with Crippen LogP contribution in [0.4, 0.5) is 0 Å². The van der Waals surface area contributed by atoms with Crippen molar-refractivity contribution in [3.63, 3.8) is 0 Å². The van der Waals surface area contributed by atoms with Crippen LogP contribution >= 0.6 is 39.5 Å². The molecular weight excluding hydrogens is 322 g/mol. The van der Waals surface area contributed by atoms with Gasteiger partial charge >= 0.3 is 5.97 Å². The Hall–Kier alpha value is -0.980. The summed E-state index contributed by atoms with van der Waals surface area (Å²) in [7, 11) is 1.35. The maximum Gasteiger partial charge on any atom is 0.356 e. The molecule has 0 radical (unpaired) electrons. The molecule has 0 bridgehead atoms. The number of halogens is 1. The fourth-order valence-electron chi connectivity index (χ4n) is 1.41. The SMILES string of the molecule is COC(=O)c1[nH]c(=S)sc1-c1cccc(Br)c1. The fraction of sp³-hybridized carbons (Fsp3) is 0.0909. The summed E-state index contributed by atoms with van der Waals surface area (Å²) < 4.78 is 6.23. The smallest absolute Gasteiger partial charge is 0.356 e. The molecule has 1 N–H and O–H groups in total. The number of hydrogen-bond donors (Lipinski definition) is 1. The van der Waals surface area contributed by atoms with Crippen LogP contribution in [0.2, 0.25) is 0 Å². The number of thiazole rings is 1. The van der Waals surface area contributed by atoms with E-state index in [2.05, 4.69) is 20.9 Å². The number of ether oxygens (including phenoxy) is 1. The van der Waals surface area contributed by atoms with Gasteiger partial charge in [-0.3, -0.25) is 0 Å². The highest BCUT2D eigenvalue weighted by Gasteiger charge is 2.16. The van der Waals surface area contributed by atoms with Gasteiger partial charge in [0.1, 0.15) is 5.69 Å². The topological polar surface area (TPSA) is 42.1 Å². The number of benzene rings is 1. The van der Waals surface area contributed by atoms with E-state index in [0.717, 1.165) is 14.9 Å². The molecule has 88 valence electrons. The lowest BCUT2D eigenvalue weighted by Crippen LogP contribution is -2.03. The van der Waals surface area contributed by atoms with Crippen molar-refractivity contribution in [2.45, 2.75) is 0 Å². The second kappa shape index (κ2) is 5.12. The van der Waals surface area contributed by atoms with Crippen molar-refractivity contribution in [1.82, 2.24) is 4.98 Å². The van der Waals surface area contributed by atoms with Gasteiger partial charge in [0.15, 0.2) is 3.95 Å². The van der Waals surface area contributed by atoms with Crippen molar-refractivity contribution in [1.29, 1.82) is 0 Å². The van der Waals surface area contributed by atoms with Gasteiger partial charge < -0.3 is 9.72 Å². The maximum absolute atomic E-state index is 11.6. The van der Waals surface area contributed by atoms with Crippen LogP contribution in [0.5, 0.6) is 0 Å². The molecular formula is C11H8BrNO2S2. The zero-order valence-electron chi connectivity index (χ0n) is 8.82. The van der Waals surface area contributed by atoms with Crippen LogP contribution < -0.4 is 0 Å². The number of esters is 1. The molecule has 1 aromatic carbocycles. The van der Waals surface area contributed by atoms with Crippen molar-refractivity contribution in [3.8, 4) is 10.4 Å². The van der Waals surface area contributed by atoms with Crippen LogP contribution in [0, 0.1) is 3.95 Å². The third-order valence-electron chi connectivity index (χ3n) is 2.13. The number of carbonyl (C=O) groups is 1. The molecule has 0 fully saturated rings. The van der Waals surface area contributed by atoms with Crippen LogP contribution in [0.15, 0.2) is 28.7 Å². The molecule has 6 heteroatoms. The Balaban J connectivity index is 2.59. The minimum Gasteiger partial charge on any atom is -0.464 e. The lowest BCUT2D eigenvalue weighted by atomic mass is 10.1. The monoisotopic (exact) mass is 329 g/mol. The first kappa shape index (κ1) is 12.5. The molecule has 1 heterocycles. The van der Waals surface area contributed by atoms with E-state index in [1.807, 2.05) is 24.3 Å². The summed E-state index contributed by atoms with van der Waals surface area (Å²) in [6.45, 7) is 0. The maximum atomic E-state index is 11.6. The Labute approximate surface area is 116 Å². The van der Waals surface area contributed by atoms with E-state index in [1.165, 1.54) is 18.4 Å². The molecule has 0 aliphatic heterocycles. The molecule has 1 aromatic heterocycles. The average Bonchev–Trinajstić information content (AvgIpc) is 2.70. The molecule has 0 spiro atoms. The summed E-state index contributed by atoms with van der Waals surface area (Å²) in [6.07, 6.45) is 0. The molecule has 0 atom stereocenters. The van der Waals surface area contributed by atoms with E-state index >= 15 is 0 Å². The largest absolute Gasteiger partial charge is 0.464 e. The fourth-order valence-corrected chi connectivity index (χ4v) is 2.98. The Morgan fingerprint density at radius 2 is 2.29 bits per heavy atom. The van der Waals surface area contributed by atoms with Crippen molar-refractivity contribution in [2.24, 2.45) is 0 Å². The minimum atomic E-state index is -0.410. The van der Waals surface area contributed by atoms with Crippen LogP contribution in [-0.4, -0.2) is 18.1 Å². The zero-order valence-corrected chi connectivity index (χ0v) is 12.0. The lowest BCUT2D eigenvalue weighted by molar-refractivity contribution is 0.0595. The van der Waals surface area contributed by atoms with Gasteiger partial charge in [0.2, 0.25) is 0 Å². The van der Waals surface area contributed by atoms with Gasteiger partial charge in [0.05, 0.1) is 12.0 Å². The average molecular weight is 330 g/mol. The third kappa shape index (κ3) is 2.65.